The summed E-state index contributed by atoms with van der Waals surface area (Å²) in [7, 11) is 1.53. The number of rotatable bonds is 5. The molecule has 0 atom stereocenters. The van der Waals surface area contributed by atoms with Gasteiger partial charge in [-0.1, -0.05) is 11.3 Å². The third kappa shape index (κ3) is 3.83. The average molecular weight is 245 g/mol. The zero-order chi connectivity index (χ0) is 12.0. The Labute approximate surface area is 95.4 Å². The van der Waals surface area contributed by atoms with Crippen molar-refractivity contribution in [1.29, 1.82) is 0 Å². The molecule has 1 heterocycles. The number of hydrogen-bond acceptors (Lipinski definition) is 5. The van der Waals surface area contributed by atoms with Gasteiger partial charge in [-0.25, -0.2) is 14.6 Å². The number of ether oxygens (including phenoxy) is 1. The van der Waals surface area contributed by atoms with E-state index in [1.165, 1.54) is 13.3 Å². The van der Waals surface area contributed by atoms with E-state index in [0.29, 0.717) is 13.2 Å². The molecule has 1 aromatic rings. The molecule has 88 valence electrons. The van der Waals surface area contributed by atoms with Crippen LogP contribution in [0.5, 0.6) is 0 Å². The van der Waals surface area contributed by atoms with Gasteiger partial charge in [0.05, 0.1) is 12.8 Å². The zero-order valence-corrected chi connectivity index (χ0v) is 9.34. The highest BCUT2D eigenvalue weighted by atomic mass is 32.1. The first kappa shape index (κ1) is 12.4. The van der Waals surface area contributed by atoms with E-state index < -0.39 is 12.0 Å². The van der Waals surface area contributed by atoms with Crippen LogP contribution < -0.4 is 10.6 Å². The normalized spacial score (nSPS) is 9.81. The van der Waals surface area contributed by atoms with E-state index >= 15 is 0 Å². The molecule has 0 saturated carbocycles. The van der Waals surface area contributed by atoms with Crippen molar-refractivity contribution in [3.8, 4) is 0 Å². The maximum Gasteiger partial charge on any atom is 0.347 e. The fraction of sp³-hybridized carbons (Fsp3) is 0.375. The van der Waals surface area contributed by atoms with Crippen molar-refractivity contribution >= 4 is 28.5 Å². The highest BCUT2D eigenvalue weighted by Gasteiger charge is 2.10. The molecule has 7 nitrogen and oxygen atoms in total. The summed E-state index contributed by atoms with van der Waals surface area (Å²) in [6, 6.07) is -0.441. The van der Waals surface area contributed by atoms with Gasteiger partial charge in [-0.05, 0) is 0 Å². The Balaban J connectivity index is 2.40. The van der Waals surface area contributed by atoms with Crippen LogP contribution in [0.3, 0.4) is 0 Å². The monoisotopic (exact) mass is 245 g/mol. The summed E-state index contributed by atoms with van der Waals surface area (Å²) < 4.78 is 4.74. The molecule has 0 saturated heterocycles. The summed E-state index contributed by atoms with van der Waals surface area (Å²) in [5, 5.41) is 13.8. The molecule has 0 aliphatic rings. The number of aromatic carboxylic acids is 1. The van der Waals surface area contributed by atoms with Crippen LogP contribution in [0.2, 0.25) is 0 Å². The molecule has 0 aliphatic heterocycles. The number of aromatic nitrogens is 1. The second-order valence-corrected chi connectivity index (χ2v) is 3.74. The SMILES string of the molecule is COCCNC(=O)Nc1ncc(C(=O)O)s1. The van der Waals surface area contributed by atoms with Crippen molar-refractivity contribution in [1.82, 2.24) is 10.3 Å². The molecule has 1 rings (SSSR count). The summed E-state index contributed by atoms with van der Waals surface area (Å²) in [5.41, 5.74) is 0. The van der Waals surface area contributed by atoms with Gasteiger partial charge in [-0.15, -0.1) is 0 Å². The van der Waals surface area contributed by atoms with Crippen LogP contribution in [0, 0.1) is 0 Å². The summed E-state index contributed by atoms with van der Waals surface area (Å²) >= 11 is 0.895. The van der Waals surface area contributed by atoms with E-state index in [4.69, 9.17) is 9.84 Å². The van der Waals surface area contributed by atoms with Crippen LogP contribution in [0.1, 0.15) is 9.67 Å². The van der Waals surface area contributed by atoms with E-state index in [2.05, 4.69) is 15.6 Å². The topological polar surface area (TPSA) is 101 Å². The summed E-state index contributed by atoms with van der Waals surface area (Å²) in [5.74, 6) is -1.06. The zero-order valence-electron chi connectivity index (χ0n) is 8.52. The molecule has 0 spiro atoms. The van der Waals surface area contributed by atoms with Crippen molar-refractivity contribution < 1.29 is 19.4 Å². The molecule has 8 heteroatoms. The van der Waals surface area contributed by atoms with Crippen LogP contribution in [0.25, 0.3) is 0 Å². The Morgan fingerprint density at radius 3 is 2.94 bits per heavy atom. The second-order valence-electron chi connectivity index (χ2n) is 2.71. The van der Waals surface area contributed by atoms with Crippen molar-refractivity contribution in [2.45, 2.75) is 0 Å². The smallest absolute Gasteiger partial charge is 0.347 e. The molecule has 0 fully saturated rings. The average Bonchev–Trinajstić information content (AvgIpc) is 2.66. The molecule has 0 aromatic carbocycles. The Hall–Kier alpha value is -1.67. The van der Waals surface area contributed by atoms with E-state index in [-0.39, 0.29) is 10.0 Å². The number of carboxylic acids is 1. The Bertz CT molecular complexity index is 379. The predicted octanol–water partition coefficient (Wildman–Crippen LogP) is 0.609. The maximum absolute atomic E-state index is 11.2. The lowest BCUT2D eigenvalue weighted by molar-refractivity contribution is 0.0702. The van der Waals surface area contributed by atoms with E-state index in [0.717, 1.165) is 11.3 Å². The summed E-state index contributed by atoms with van der Waals surface area (Å²) in [4.78, 5) is 25.6. The van der Waals surface area contributed by atoms with Gasteiger partial charge in [-0.2, -0.15) is 0 Å². The molecular weight excluding hydrogens is 234 g/mol. The molecule has 0 bridgehead atoms. The van der Waals surface area contributed by atoms with Gasteiger partial charge in [0.2, 0.25) is 0 Å². The predicted molar refractivity (Wildman–Crippen MR) is 58.0 cm³/mol. The van der Waals surface area contributed by atoms with Crippen LogP contribution >= 0.6 is 11.3 Å². The highest BCUT2D eigenvalue weighted by Crippen LogP contribution is 2.17. The fourth-order valence-corrected chi connectivity index (χ4v) is 1.49. The fourth-order valence-electron chi connectivity index (χ4n) is 0.839. The Morgan fingerprint density at radius 2 is 2.38 bits per heavy atom. The van der Waals surface area contributed by atoms with Gasteiger partial charge in [0, 0.05) is 13.7 Å². The molecule has 3 N–H and O–H groups in total. The molecule has 16 heavy (non-hydrogen) atoms. The van der Waals surface area contributed by atoms with Crippen molar-refractivity contribution in [2.75, 3.05) is 25.6 Å². The molecule has 0 unspecified atom stereocenters. The van der Waals surface area contributed by atoms with Crippen LogP contribution in [-0.4, -0.2) is 42.4 Å². The number of methoxy groups -OCH3 is 1. The van der Waals surface area contributed by atoms with E-state index in [1.807, 2.05) is 0 Å². The van der Waals surface area contributed by atoms with E-state index in [9.17, 15) is 9.59 Å². The number of carbonyl (C=O) groups excluding carboxylic acids is 1. The standard InChI is InChI=1S/C8H11N3O4S/c1-15-3-2-9-7(14)11-8-10-4-5(16-8)6(12)13/h4H,2-3H2,1H3,(H,12,13)(H2,9,10,11,14). The van der Waals surface area contributed by atoms with Gasteiger partial charge in [0.1, 0.15) is 4.88 Å². The van der Waals surface area contributed by atoms with Crippen LogP contribution in [0.15, 0.2) is 6.20 Å². The lowest BCUT2D eigenvalue weighted by atomic mass is 10.6. The molecule has 0 aliphatic carbocycles. The number of urea groups is 1. The minimum atomic E-state index is -1.06. The van der Waals surface area contributed by atoms with E-state index in [1.54, 1.807) is 0 Å². The molecule has 1 aromatic heterocycles. The van der Waals surface area contributed by atoms with Gasteiger partial charge < -0.3 is 15.2 Å². The summed E-state index contributed by atoms with van der Waals surface area (Å²) in [6.45, 7) is 0.783. The first-order valence-electron chi connectivity index (χ1n) is 4.36. The third-order valence-electron chi connectivity index (χ3n) is 1.53. The van der Waals surface area contributed by atoms with Crippen LogP contribution in [-0.2, 0) is 4.74 Å². The number of nitrogens with one attached hydrogen (secondary N) is 2. The first-order chi connectivity index (χ1) is 7.63. The highest BCUT2D eigenvalue weighted by molar-refractivity contribution is 7.17. The number of nitrogens with zero attached hydrogens (tertiary/aromatic N) is 1. The number of hydrogen-bond donors (Lipinski definition) is 3. The first-order valence-corrected chi connectivity index (χ1v) is 5.18. The van der Waals surface area contributed by atoms with Gasteiger partial charge in [0.25, 0.3) is 0 Å². The van der Waals surface area contributed by atoms with Gasteiger partial charge >= 0.3 is 12.0 Å². The Morgan fingerprint density at radius 1 is 1.62 bits per heavy atom. The van der Waals surface area contributed by atoms with Crippen molar-refractivity contribution in [3.05, 3.63) is 11.1 Å². The number of carboxylic acid groups (broad SMARTS) is 1. The molecule has 0 radical (unpaired) electrons. The minimum Gasteiger partial charge on any atom is -0.477 e. The summed E-state index contributed by atoms with van der Waals surface area (Å²) in [6.07, 6.45) is 1.19. The largest absolute Gasteiger partial charge is 0.477 e. The van der Waals surface area contributed by atoms with Crippen LogP contribution in [0.4, 0.5) is 9.93 Å². The number of anilines is 1. The second kappa shape index (κ2) is 6.03. The lowest BCUT2D eigenvalue weighted by Gasteiger charge is -2.03. The lowest BCUT2D eigenvalue weighted by Crippen LogP contribution is -2.31. The molecular formula is C8H11N3O4S. The van der Waals surface area contributed by atoms with Gasteiger partial charge in [0.15, 0.2) is 5.13 Å². The van der Waals surface area contributed by atoms with Gasteiger partial charge in [-0.3, -0.25) is 5.32 Å². The third-order valence-corrected chi connectivity index (χ3v) is 2.43. The number of thiazole rings is 1. The maximum atomic E-state index is 11.2. The number of amides is 2. The van der Waals surface area contributed by atoms with Crippen molar-refractivity contribution in [3.63, 3.8) is 0 Å². The Kier molecular flexibility index (Phi) is 4.67. The number of carbonyl (C=O) groups is 2. The quantitative estimate of drug-likeness (QED) is 0.660. The minimum absolute atomic E-state index is 0.0761. The van der Waals surface area contributed by atoms with Crippen molar-refractivity contribution in [2.24, 2.45) is 0 Å². The molecule has 2 amide bonds.